The van der Waals surface area contributed by atoms with E-state index in [1.807, 2.05) is 10.9 Å². The fourth-order valence-corrected chi connectivity index (χ4v) is 2.73. The van der Waals surface area contributed by atoms with Gasteiger partial charge in [-0.2, -0.15) is 18.3 Å². The lowest BCUT2D eigenvalue weighted by atomic mass is 10.0. The maximum absolute atomic E-state index is 12.8. The zero-order chi connectivity index (χ0) is 17.1. The lowest BCUT2D eigenvalue weighted by Gasteiger charge is -2.12. The highest BCUT2D eigenvalue weighted by atomic mass is 19.4. The summed E-state index contributed by atoms with van der Waals surface area (Å²) in [5.74, 6) is -0.474. The second-order valence-corrected chi connectivity index (χ2v) is 5.99. The van der Waals surface area contributed by atoms with Crippen LogP contribution in [-0.2, 0) is 6.18 Å². The number of phenols is 1. The fraction of sp³-hybridized carbons (Fsp3) is 0.312. The average Bonchev–Trinajstić information content (AvgIpc) is 3.25. The number of aromatic hydroxyl groups is 1. The van der Waals surface area contributed by atoms with Gasteiger partial charge in [-0.25, -0.2) is 9.97 Å². The standard InChI is InChI=1S/C16H13F3N4O/c1-8-4-9(16(17,18)19)5-13(24)14(8)11-6-20-12-7-23(10-2-3-10)22-15(12)21-11/h4-7,10,24H,2-3H2,1H3. The van der Waals surface area contributed by atoms with Crippen LogP contribution in [0.1, 0.15) is 30.0 Å². The summed E-state index contributed by atoms with van der Waals surface area (Å²) in [4.78, 5) is 8.62. The van der Waals surface area contributed by atoms with Crippen LogP contribution in [0.25, 0.3) is 22.4 Å². The Bertz CT molecular complexity index is 921. The molecule has 0 bridgehead atoms. The van der Waals surface area contributed by atoms with E-state index in [9.17, 15) is 18.3 Å². The summed E-state index contributed by atoms with van der Waals surface area (Å²) in [6, 6.07) is 2.08. The van der Waals surface area contributed by atoms with Gasteiger partial charge in [0, 0.05) is 5.56 Å². The molecule has 2 heterocycles. The second kappa shape index (κ2) is 4.93. The molecule has 1 aromatic carbocycles. The fourth-order valence-electron chi connectivity index (χ4n) is 2.73. The molecule has 1 aliphatic rings. The molecule has 24 heavy (non-hydrogen) atoms. The number of halogens is 3. The number of fused-ring (bicyclic) bond motifs is 1. The summed E-state index contributed by atoms with van der Waals surface area (Å²) in [5.41, 5.74) is 0.948. The molecule has 1 saturated carbocycles. The molecule has 0 amide bonds. The van der Waals surface area contributed by atoms with Crippen LogP contribution in [0.15, 0.2) is 24.5 Å². The topological polar surface area (TPSA) is 63.8 Å². The highest BCUT2D eigenvalue weighted by Crippen LogP contribution is 2.39. The van der Waals surface area contributed by atoms with Crippen molar-refractivity contribution in [1.82, 2.24) is 19.7 Å². The van der Waals surface area contributed by atoms with Crippen LogP contribution >= 0.6 is 0 Å². The van der Waals surface area contributed by atoms with E-state index in [0.717, 1.165) is 18.9 Å². The van der Waals surface area contributed by atoms with E-state index in [4.69, 9.17) is 0 Å². The quantitative estimate of drug-likeness (QED) is 0.773. The first-order valence-corrected chi connectivity index (χ1v) is 7.46. The van der Waals surface area contributed by atoms with Crippen molar-refractivity contribution in [2.75, 3.05) is 0 Å². The molecule has 1 aliphatic carbocycles. The van der Waals surface area contributed by atoms with Gasteiger partial charge in [0.25, 0.3) is 0 Å². The van der Waals surface area contributed by atoms with Gasteiger partial charge in [-0.3, -0.25) is 4.68 Å². The lowest BCUT2D eigenvalue weighted by Crippen LogP contribution is -2.05. The zero-order valence-corrected chi connectivity index (χ0v) is 12.7. The molecule has 0 radical (unpaired) electrons. The van der Waals surface area contributed by atoms with Crippen molar-refractivity contribution in [2.24, 2.45) is 0 Å². The Kier molecular flexibility index (Phi) is 3.06. The number of alkyl halides is 3. The Hall–Kier alpha value is -2.64. The normalized spacial score (nSPS) is 15.2. The van der Waals surface area contributed by atoms with Crippen LogP contribution in [0.4, 0.5) is 13.2 Å². The van der Waals surface area contributed by atoms with Crippen molar-refractivity contribution in [3.05, 3.63) is 35.7 Å². The molecule has 0 atom stereocenters. The molecule has 5 nitrogen and oxygen atoms in total. The minimum absolute atomic E-state index is 0.235. The SMILES string of the molecule is Cc1cc(C(F)(F)F)cc(O)c1-c1cnc2cn(C3CC3)nc2n1. The van der Waals surface area contributed by atoms with E-state index in [1.165, 1.54) is 13.1 Å². The summed E-state index contributed by atoms with van der Waals surface area (Å²) >= 11 is 0. The van der Waals surface area contributed by atoms with Gasteiger partial charge < -0.3 is 5.11 Å². The number of hydrogen-bond donors (Lipinski definition) is 1. The number of benzene rings is 1. The molecule has 8 heteroatoms. The Morgan fingerprint density at radius 1 is 1.25 bits per heavy atom. The molecule has 2 aromatic heterocycles. The molecule has 0 unspecified atom stereocenters. The van der Waals surface area contributed by atoms with E-state index < -0.39 is 17.5 Å². The van der Waals surface area contributed by atoms with Crippen molar-refractivity contribution in [1.29, 1.82) is 0 Å². The molecule has 0 saturated heterocycles. The maximum atomic E-state index is 12.8. The molecule has 124 valence electrons. The summed E-state index contributed by atoms with van der Waals surface area (Å²) in [6.45, 7) is 1.50. The van der Waals surface area contributed by atoms with E-state index in [2.05, 4.69) is 15.1 Å². The number of nitrogens with zero attached hydrogens (tertiary/aromatic N) is 4. The van der Waals surface area contributed by atoms with Crippen LogP contribution in [0, 0.1) is 6.92 Å². The minimum Gasteiger partial charge on any atom is -0.507 e. The molecule has 0 spiro atoms. The van der Waals surface area contributed by atoms with Crippen molar-refractivity contribution in [2.45, 2.75) is 32.0 Å². The number of hydrogen-bond acceptors (Lipinski definition) is 4. The van der Waals surface area contributed by atoms with Crippen molar-refractivity contribution in [3.63, 3.8) is 0 Å². The van der Waals surface area contributed by atoms with Gasteiger partial charge in [0.15, 0.2) is 5.65 Å². The molecular weight excluding hydrogens is 321 g/mol. The first-order chi connectivity index (χ1) is 11.3. The largest absolute Gasteiger partial charge is 0.507 e. The molecule has 1 N–H and O–H groups in total. The third kappa shape index (κ3) is 2.47. The first-order valence-electron chi connectivity index (χ1n) is 7.46. The monoisotopic (exact) mass is 334 g/mol. The van der Waals surface area contributed by atoms with Crippen molar-refractivity contribution in [3.8, 4) is 17.0 Å². The van der Waals surface area contributed by atoms with Gasteiger partial charge in [-0.05, 0) is 37.5 Å². The van der Waals surface area contributed by atoms with E-state index >= 15 is 0 Å². The third-order valence-corrected chi connectivity index (χ3v) is 4.07. The van der Waals surface area contributed by atoms with Gasteiger partial charge in [-0.15, -0.1) is 0 Å². The Labute approximate surface area is 134 Å². The Balaban J connectivity index is 1.81. The molecule has 0 aliphatic heterocycles. The minimum atomic E-state index is -4.51. The Morgan fingerprint density at radius 3 is 2.62 bits per heavy atom. The second-order valence-electron chi connectivity index (χ2n) is 5.99. The van der Waals surface area contributed by atoms with Gasteiger partial charge in [-0.1, -0.05) is 0 Å². The van der Waals surface area contributed by atoms with Crippen LogP contribution in [-0.4, -0.2) is 24.9 Å². The summed E-state index contributed by atoms with van der Waals surface area (Å²) in [7, 11) is 0. The summed E-state index contributed by atoms with van der Waals surface area (Å²) in [6.07, 6.45) is 0.874. The van der Waals surface area contributed by atoms with E-state index in [1.54, 1.807) is 0 Å². The molecule has 4 rings (SSSR count). The Morgan fingerprint density at radius 2 is 2.00 bits per heavy atom. The molecular formula is C16H13F3N4O. The van der Waals surface area contributed by atoms with Gasteiger partial charge in [0.1, 0.15) is 11.3 Å². The van der Waals surface area contributed by atoms with E-state index in [-0.39, 0.29) is 11.1 Å². The van der Waals surface area contributed by atoms with Crippen LogP contribution in [0.5, 0.6) is 5.75 Å². The van der Waals surface area contributed by atoms with Crippen LogP contribution in [0.2, 0.25) is 0 Å². The van der Waals surface area contributed by atoms with Crippen LogP contribution < -0.4 is 0 Å². The molecule has 1 fully saturated rings. The summed E-state index contributed by atoms with van der Waals surface area (Å²) < 4.78 is 40.3. The first kappa shape index (κ1) is 14.9. The zero-order valence-electron chi connectivity index (χ0n) is 12.7. The predicted molar refractivity (Wildman–Crippen MR) is 80.4 cm³/mol. The summed E-state index contributed by atoms with van der Waals surface area (Å²) in [5, 5.41) is 14.4. The van der Waals surface area contributed by atoms with Gasteiger partial charge >= 0.3 is 6.18 Å². The number of rotatable bonds is 2. The highest BCUT2D eigenvalue weighted by Gasteiger charge is 2.32. The lowest BCUT2D eigenvalue weighted by molar-refractivity contribution is -0.137. The van der Waals surface area contributed by atoms with Crippen molar-refractivity contribution >= 4 is 11.2 Å². The number of aryl methyl sites for hydroxylation is 1. The molecule has 3 aromatic rings. The highest BCUT2D eigenvalue weighted by molar-refractivity contribution is 5.77. The van der Waals surface area contributed by atoms with Gasteiger partial charge in [0.2, 0.25) is 0 Å². The maximum Gasteiger partial charge on any atom is 0.416 e. The third-order valence-electron chi connectivity index (χ3n) is 4.07. The predicted octanol–water partition coefficient (Wildman–Crippen LogP) is 3.86. The van der Waals surface area contributed by atoms with Crippen LogP contribution in [0.3, 0.4) is 0 Å². The van der Waals surface area contributed by atoms with Gasteiger partial charge in [0.05, 0.1) is 29.7 Å². The average molecular weight is 334 g/mol. The number of aromatic nitrogens is 4. The number of phenolic OH excluding ortho intramolecular Hbond substituents is 1. The smallest absolute Gasteiger partial charge is 0.416 e. The van der Waals surface area contributed by atoms with Crippen molar-refractivity contribution < 1.29 is 18.3 Å². The van der Waals surface area contributed by atoms with E-state index in [0.29, 0.717) is 29.0 Å².